The third-order valence-corrected chi connectivity index (χ3v) is 3.77. The second-order valence-electron chi connectivity index (χ2n) is 5.97. The van der Waals surface area contributed by atoms with Crippen LogP contribution in [0.5, 0.6) is 0 Å². The van der Waals surface area contributed by atoms with Crippen molar-refractivity contribution in [2.75, 3.05) is 26.3 Å². The van der Waals surface area contributed by atoms with Gasteiger partial charge in [-0.1, -0.05) is 19.7 Å². The largest absolute Gasteiger partial charge is 0.395 e. The summed E-state index contributed by atoms with van der Waals surface area (Å²) in [6, 6.07) is 0. The zero-order valence-corrected chi connectivity index (χ0v) is 15.0. The third kappa shape index (κ3) is 4.58. The van der Waals surface area contributed by atoms with Crippen molar-refractivity contribution in [3.05, 3.63) is 36.5 Å². The van der Waals surface area contributed by atoms with E-state index in [2.05, 4.69) is 19.7 Å². The fraction of sp³-hybridized carbons (Fsp3) is 0.500. The highest BCUT2D eigenvalue weighted by Gasteiger charge is 2.57. The van der Waals surface area contributed by atoms with Crippen molar-refractivity contribution in [2.24, 2.45) is 0 Å². The predicted octanol–water partition coefficient (Wildman–Crippen LogP) is -0.192. The van der Waals surface area contributed by atoms with Crippen LogP contribution in [0.1, 0.15) is 20.8 Å². The van der Waals surface area contributed by atoms with Gasteiger partial charge in [-0.15, -0.1) is 0 Å². The standard InChI is InChI=1S/C18H27NO6/c1-11(2)14(22)17(25)18(15(23)12(3)4,16(24)13(5)6)19(7-9-20)8-10-21/h17,20-21,25H,1,3,5,7-10H2,2,4,6H3. The number of ketones is 3. The fourth-order valence-corrected chi connectivity index (χ4v) is 2.59. The summed E-state index contributed by atoms with van der Waals surface area (Å²) < 4.78 is 0. The highest BCUT2D eigenvalue weighted by atomic mass is 16.3. The number of aliphatic hydroxyl groups excluding tert-OH is 3. The Morgan fingerprint density at radius 1 is 0.880 bits per heavy atom. The van der Waals surface area contributed by atoms with Gasteiger partial charge in [0.1, 0.15) is 6.10 Å². The molecular formula is C18H27NO6. The molecule has 0 aromatic rings. The number of β-amino-alcohol motifs (C(OH)–C–C–N with tert-alkyl or cyclic N) is 2. The monoisotopic (exact) mass is 353 g/mol. The maximum absolute atomic E-state index is 13.0. The highest BCUT2D eigenvalue weighted by molar-refractivity contribution is 6.26. The minimum atomic E-state index is -2.38. The molecule has 0 heterocycles. The minimum absolute atomic E-state index is 0.0474. The molecule has 3 N–H and O–H groups in total. The normalized spacial score (nSPS) is 12.6. The fourth-order valence-electron chi connectivity index (χ4n) is 2.59. The Morgan fingerprint density at radius 2 is 1.24 bits per heavy atom. The van der Waals surface area contributed by atoms with Gasteiger partial charge in [-0.3, -0.25) is 19.3 Å². The van der Waals surface area contributed by atoms with Crippen molar-refractivity contribution in [3.63, 3.8) is 0 Å². The van der Waals surface area contributed by atoms with Crippen LogP contribution >= 0.6 is 0 Å². The SMILES string of the molecule is C=C(C)C(=O)C(O)C(C(=O)C(=C)C)(C(=O)C(=C)C)N(CCO)CCO. The molecule has 0 spiro atoms. The van der Waals surface area contributed by atoms with Gasteiger partial charge in [-0.2, -0.15) is 0 Å². The summed E-state index contributed by atoms with van der Waals surface area (Å²) in [5.74, 6) is -2.67. The Balaban J connectivity index is 6.82. The molecule has 0 bridgehead atoms. The van der Waals surface area contributed by atoms with Gasteiger partial charge < -0.3 is 15.3 Å². The number of rotatable bonds is 12. The van der Waals surface area contributed by atoms with E-state index >= 15 is 0 Å². The lowest BCUT2D eigenvalue weighted by Crippen LogP contribution is -2.70. The molecule has 0 aromatic heterocycles. The van der Waals surface area contributed by atoms with Gasteiger partial charge in [0.25, 0.3) is 0 Å². The van der Waals surface area contributed by atoms with Gasteiger partial charge >= 0.3 is 0 Å². The molecule has 0 radical (unpaired) electrons. The van der Waals surface area contributed by atoms with Crippen molar-refractivity contribution < 1.29 is 29.7 Å². The lowest BCUT2D eigenvalue weighted by molar-refractivity contribution is -0.155. The van der Waals surface area contributed by atoms with E-state index in [0.717, 1.165) is 4.90 Å². The summed E-state index contributed by atoms with van der Waals surface area (Å²) >= 11 is 0. The van der Waals surface area contributed by atoms with E-state index < -0.39 is 42.2 Å². The first-order valence-corrected chi connectivity index (χ1v) is 7.75. The lowest BCUT2D eigenvalue weighted by Gasteiger charge is -2.43. The Labute approximate surface area is 148 Å². The number of hydrogen-bond donors (Lipinski definition) is 3. The molecular weight excluding hydrogens is 326 g/mol. The molecule has 0 amide bonds. The summed E-state index contributed by atoms with van der Waals surface area (Å²) in [4.78, 5) is 39.4. The summed E-state index contributed by atoms with van der Waals surface area (Å²) in [6.07, 6.45) is -2.09. The van der Waals surface area contributed by atoms with Crippen molar-refractivity contribution >= 4 is 17.3 Å². The third-order valence-electron chi connectivity index (χ3n) is 3.77. The molecule has 0 saturated heterocycles. The summed E-state index contributed by atoms with van der Waals surface area (Å²) in [5, 5.41) is 29.4. The molecule has 7 heteroatoms. The van der Waals surface area contributed by atoms with E-state index in [4.69, 9.17) is 0 Å². The quantitative estimate of drug-likeness (QED) is 0.329. The predicted molar refractivity (Wildman–Crippen MR) is 93.9 cm³/mol. The van der Waals surface area contributed by atoms with Crippen molar-refractivity contribution in [3.8, 4) is 0 Å². The topological polar surface area (TPSA) is 115 Å². The van der Waals surface area contributed by atoms with Gasteiger partial charge in [-0.25, -0.2) is 0 Å². The van der Waals surface area contributed by atoms with Crippen LogP contribution in [0.25, 0.3) is 0 Å². The zero-order valence-electron chi connectivity index (χ0n) is 15.0. The number of hydrogen-bond acceptors (Lipinski definition) is 7. The molecule has 0 aliphatic carbocycles. The summed E-state index contributed by atoms with van der Waals surface area (Å²) in [6.45, 7) is 13.1. The van der Waals surface area contributed by atoms with Gasteiger partial charge in [0.05, 0.1) is 13.2 Å². The van der Waals surface area contributed by atoms with Gasteiger partial charge in [-0.05, 0) is 37.5 Å². The highest BCUT2D eigenvalue weighted by Crippen LogP contribution is 2.30. The van der Waals surface area contributed by atoms with Crippen LogP contribution in [0.3, 0.4) is 0 Å². The molecule has 7 nitrogen and oxygen atoms in total. The Bertz CT molecular complexity index is 560. The van der Waals surface area contributed by atoms with Crippen LogP contribution in [0.2, 0.25) is 0 Å². The molecule has 0 aromatic carbocycles. The van der Waals surface area contributed by atoms with Gasteiger partial charge in [0.2, 0.25) is 0 Å². The van der Waals surface area contributed by atoms with Crippen LogP contribution in [0.4, 0.5) is 0 Å². The number of nitrogens with zero attached hydrogens (tertiary/aromatic N) is 1. The Kier molecular flexibility index (Phi) is 8.79. The Morgan fingerprint density at radius 3 is 1.48 bits per heavy atom. The second kappa shape index (κ2) is 9.53. The first-order valence-electron chi connectivity index (χ1n) is 7.75. The van der Waals surface area contributed by atoms with E-state index in [1.54, 1.807) is 0 Å². The summed E-state index contributed by atoms with van der Waals surface area (Å²) in [5.41, 5.74) is -2.55. The van der Waals surface area contributed by atoms with Crippen LogP contribution in [-0.4, -0.2) is 75.5 Å². The minimum Gasteiger partial charge on any atom is -0.395 e. The molecule has 0 rings (SSSR count). The first kappa shape index (κ1) is 23.1. The number of Topliss-reactive ketones (excluding diaryl/α,β-unsaturated/α-hetero) is 3. The van der Waals surface area contributed by atoms with Gasteiger partial charge in [0, 0.05) is 13.1 Å². The second-order valence-corrected chi connectivity index (χ2v) is 5.97. The number of carbonyl (C=O) groups excluding carboxylic acids is 3. The van der Waals surface area contributed by atoms with Crippen molar-refractivity contribution in [1.82, 2.24) is 4.90 Å². The summed E-state index contributed by atoms with van der Waals surface area (Å²) in [7, 11) is 0. The van der Waals surface area contributed by atoms with Gasteiger partial charge in [0.15, 0.2) is 22.9 Å². The van der Waals surface area contributed by atoms with E-state index in [1.807, 2.05) is 0 Å². The molecule has 0 aliphatic rings. The molecule has 1 atom stereocenters. The van der Waals surface area contributed by atoms with Crippen molar-refractivity contribution in [1.29, 1.82) is 0 Å². The van der Waals surface area contributed by atoms with E-state index in [1.165, 1.54) is 20.8 Å². The maximum atomic E-state index is 13.0. The average molecular weight is 353 g/mol. The smallest absolute Gasteiger partial charge is 0.189 e. The molecule has 25 heavy (non-hydrogen) atoms. The average Bonchev–Trinajstić information content (AvgIpc) is 2.54. The van der Waals surface area contributed by atoms with E-state index in [9.17, 15) is 29.7 Å². The van der Waals surface area contributed by atoms with Crippen LogP contribution in [0, 0.1) is 0 Å². The molecule has 0 fully saturated rings. The molecule has 0 aliphatic heterocycles. The lowest BCUT2D eigenvalue weighted by atomic mass is 9.74. The maximum Gasteiger partial charge on any atom is 0.189 e. The molecule has 1 unspecified atom stereocenters. The Hall–Kier alpha value is -1.93. The van der Waals surface area contributed by atoms with Crippen LogP contribution in [-0.2, 0) is 14.4 Å². The van der Waals surface area contributed by atoms with E-state index in [0.29, 0.717) is 0 Å². The first-order chi connectivity index (χ1) is 11.5. The van der Waals surface area contributed by atoms with E-state index in [-0.39, 0.29) is 29.8 Å². The number of aliphatic hydroxyl groups is 3. The van der Waals surface area contributed by atoms with Crippen molar-refractivity contribution in [2.45, 2.75) is 32.4 Å². The van der Waals surface area contributed by atoms with Crippen LogP contribution < -0.4 is 0 Å². The number of carbonyl (C=O) groups is 3. The molecule has 140 valence electrons. The molecule has 0 saturated carbocycles. The van der Waals surface area contributed by atoms with Crippen LogP contribution in [0.15, 0.2) is 36.5 Å². The zero-order chi connectivity index (χ0) is 19.9.